The van der Waals surface area contributed by atoms with Crippen molar-refractivity contribution in [2.24, 2.45) is 0 Å². The van der Waals surface area contributed by atoms with Crippen LogP contribution in [-0.4, -0.2) is 66.8 Å². The van der Waals surface area contributed by atoms with Gasteiger partial charge in [-0.25, -0.2) is 4.79 Å². The van der Waals surface area contributed by atoms with Gasteiger partial charge >= 0.3 is 6.09 Å². The highest BCUT2D eigenvalue weighted by Gasteiger charge is 2.22. The molecule has 4 rings (SSSR count). The Labute approximate surface area is 202 Å². The molecule has 0 saturated carbocycles. The van der Waals surface area contributed by atoms with E-state index in [2.05, 4.69) is 33.2 Å². The predicted octanol–water partition coefficient (Wildman–Crippen LogP) is 4.94. The summed E-state index contributed by atoms with van der Waals surface area (Å²) in [7, 11) is 2.16. The molecule has 1 saturated heterocycles. The highest BCUT2D eigenvalue weighted by Crippen LogP contribution is 2.28. The van der Waals surface area contributed by atoms with E-state index in [1.54, 1.807) is 0 Å². The van der Waals surface area contributed by atoms with Crippen molar-refractivity contribution in [2.75, 3.05) is 45.1 Å². The summed E-state index contributed by atoms with van der Waals surface area (Å²) >= 11 is 0. The lowest BCUT2D eigenvalue weighted by atomic mass is 10.0. The van der Waals surface area contributed by atoms with Crippen LogP contribution in [0.25, 0.3) is 11.1 Å². The molecule has 1 amide bonds. The van der Waals surface area contributed by atoms with E-state index in [0.717, 1.165) is 74.5 Å². The second-order valence-electron chi connectivity index (χ2n) is 8.86. The van der Waals surface area contributed by atoms with Gasteiger partial charge in [0.1, 0.15) is 6.10 Å². The molecule has 6 nitrogen and oxygen atoms in total. The lowest BCUT2D eigenvalue weighted by molar-refractivity contribution is 0.0566. The number of carbonyl (C=O) groups is 1. The number of piperidine rings is 1. The molecule has 0 aliphatic carbocycles. The molecule has 0 atom stereocenters. The average molecular weight is 459 g/mol. The maximum Gasteiger partial charge on any atom is 0.411 e. The van der Waals surface area contributed by atoms with Crippen LogP contribution >= 0.6 is 0 Å². The van der Waals surface area contributed by atoms with Crippen LogP contribution in [0.1, 0.15) is 18.5 Å². The highest BCUT2D eigenvalue weighted by molar-refractivity contribution is 5.91. The summed E-state index contributed by atoms with van der Waals surface area (Å²) in [5.41, 5.74) is 3.96. The summed E-state index contributed by atoms with van der Waals surface area (Å²) in [5, 5.41) is 2.95. The number of likely N-dealkylation sites (tertiary alicyclic amines) is 1. The number of likely N-dealkylation sites (N-methyl/N-ethyl adjacent to an activating group) is 1. The van der Waals surface area contributed by atoms with Crippen LogP contribution in [0.4, 0.5) is 10.5 Å². The summed E-state index contributed by atoms with van der Waals surface area (Å²) in [4.78, 5) is 21.8. The van der Waals surface area contributed by atoms with Crippen LogP contribution in [0, 0.1) is 0 Å². The first-order valence-electron chi connectivity index (χ1n) is 12.1. The second kappa shape index (κ2) is 12.3. The number of para-hydroxylation sites is 1. The van der Waals surface area contributed by atoms with E-state index in [9.17, 15) is 4.79 Å². The smallest absolute Gasteiger partial charge is 0.411 e. The van der Waals surface area contributed by atoms with Crippen LogP contribution in [0.3, 0.4) is 0 Å². The molecule has 1 aliphatic rings. The Hall–Kier alpha value is -3.22. The molecule has 1 fully saturated rings. The molecule has 2 heterocycles. The number of carbonyl (C=O) groups excluding carboxylic acids is 1. The van der Waals surface area contributed by atoms with Crippen molar-refractivity contribution in [3.63, 3.8) is 0 Å². The lowest BCUT2D eigenvalue weighted by Crippen LogP contribution is -2.42. The molecule has 34 heavy (non-hydrogen) atoms. The number of pyridine rings is 1. The van der Waals surface area contributed by atoms with Gasteiger partial charge in [0, 0.05) is 56.6 Å². The number of nitrogens with zero attached hydrogens (tertiary/aromatic N) is 3. The van der Waals surface area contributed by atoms with Gasteiger partial charge < -0.3 is 14.5 Å². The Morgan fingerprint density at radius 3 is 2.50 bits per heavy atom. The number of ether oxygens (including phenoxy) is 1. The Morgan fingerprint density at radius 2 is 1.74 bits per heavy atom. The van der Waals surface area contributed by atoms with Gasteiger partial charge in [0.2, 0.25) is 0 Å². The third kappa shape index (κ3) is 7.14. The van der Waals surface area contributed by atoms with Crippen LogP contribution in [0.15, 0.2) is 79.0 Å². The third-order valence-corrected chi connectivity index (χ3v) is 6.33. The average Bonchev–Trinajstić information content (AvgIpc) is 2.88. The van der Waals surface area contributed by atoms with E-state index in [-0.39, 0.29) is 12.2 Å². The SMILES string of the molecule is CN(CCc1ccccn1)CCN1CCC(OC(=O)Nc2ccccc2-c2ccccc2)CC1. The topological polar surface area (TPSA) is 57.7 Å². The molecule has 1 N–H and O–H groups in total. The first kappa shape index (κ1) is 23.9. The maximum atomic E-state index is 12.6. The van der Waals surface area contributed by atoms with Crippen molar-refractivity contribution >= 4 is 11.8 Å². The third-order valence-electron chi connectivity index (χ3n) is 6.33. The van der Waals surface area contributed by atoms with Crippen molar-refractivity contribution in [2.45, 2.75) is 25.4 Å². The first-order valence-corrected chi connectivity index (χ1v) is 12.1. The minimum atomic E-state index is -0.379. The number of anilines is 1. The number of rotatable bonds is 9. The minimum absolute atomic E-state index is 0.0398. The molecular formula is C28H34N4O2. The zero-order valence-electron chi connectivity index (χ0n) is 19.9. The number of hydrogen-bond acceptors (Lipinski definition) is 5. The zero-order chi connectivity index (χ0) is 23.6. The predicted molar refractivity (Wildman–Crippen MR) is 137 cm³/mol. The number of hydrogen-bond donors (Lipinski definition) is 1. The fourth-order valence-corrected chi connectivity index (χ4v) is 4.28. The van der Waals surface area contributed by atoms with Crippen LogP contribution < -0.4 is 5.32 Å². The van der Waals surface area contributed by atoms with Gasteiger partial charge in [-0.1, -0.05) is 54.6 Å². The van der Waals surface area contributed by atoms with Crippen molar-refractivity contribution in [3.05, 3.63) is 84.7 Å². The second-order valence-corrected chi connectivity index (χ2v) is 8.86. The Kier molecular flexibility index (Phi) is 8.65. The van der Waals surface area contributed by atoms with Crippen LogP contribution in [0.2, 0.25) is 0 Å². The molecule has 0 unspecified atom stereocenters. The molecule has 3 aromatic rings. The van der Waals surface area contributed by atoms with E-state index in [1.807, 2.05) is 72.9 Å². The van der Waals surface area contributed by atoms with Gasteiger partial charge in [0.15, 0.2) is 0 Å². The Balaban J connectivity index is 1.17. The van der Waals surface area contributed by atoms with Crippen LogP contribution in [-0.2, 0) is 11.2 Å². The summed E-state index contributed by atoms with van der Waals surface area (Å²) < 4.78 is 5.75. The summed E-state index contributed by atoms with van der Waals surface area (Å²) in [6.45, 7) is 4.96. The van der Waals surface area contributed by atoms with Crippen molar-refractivity contribution in [3.8, 4) is 11.1 Å². The zero-order valence-corrected chi connectivity index (χ0v) is 19.9. The quantitative estimate of drug-likeness (QED) is 0.492. The summed E-state index contributed by atoms with van der Waals surface area (Å²) in [5.74, 6) is 0. The van der Waals surface area contributed by atoms with Gasteiger partial charge in [-0.05, 0) is 43.7 Å². The highest BCUT2D eigenvalue weighted by atomic mass is 16.6. The van der Waals surface area contributed by atoms with Gasteiger partial charge in [-0.2, -0.15) is 0 Å². The van der Waals surface area contributed by atoms with Gasteiger partial charge in [-0.3, -0.25) is 10.3 Å². The normalized spacial score (nSPS) is 14.8. The molecule has 2 aromatic carbocycles. The molecule has 0 spiro atoms. The number of aromatic nitrogens is 1. The molecular weight excluding hydrogens is 424 g/mol. The van der Waals surface area contributed by atoms with E-state index < -0.39 is 0 Å². The summed E-state index contributed by atoms with van der Waals surface area (Å²) in [6.07, 6.45) is 4.13. The molecule has 1 aliphatic heterocycles. The van der Waals surface area contributed by atoms with Gasteiger partial charge in [0.05, 0.1) is 5.69 Å². The molecule has 1 aromatic heterocycles. The lowest BCUT2D eigenvalue weighted by Gasteiger charge is -2.32. The van der Waals surface area contributed by atoms with Crippen molar-refractivity contribution in [1.82, 2.24) is 14.8 Å². The first-order chi connectivity index (χ1) is 16.7. The van der Waals surface area contributed by atoms with Crippen LogP contribution in [0.5, 0.6) is 0 Å². The maximum absolute atomic E-state index is 12.6. The number of benzene rings is 2. The van der Waals surface area contributed by atoms with E-state index in [0.29, 0.717) is 0 Å². The monoisotopic (exact) mass is 458 g/mol. The van der Waals surface area contributed by atoms with Crippen molar-refractivity contribution in [1.29, 1.82) is 0 Å². The van der Waals surface area contributed by atoms with E-state index in [1.165, 1.54) is 0 Å². The molecule has 178 valence electrons. The summed E-state index contributed by atoms with van der Waals surface area (Å²) in [6, 6.07) is 24.0. The van der Waals surface area contributed by atoms with Crippen molar-refractivity contribution < 1.29 is 9.53 Å². The Morgan fingerprint density at radius 1 is 1.00 bits per heavy atom. The standard InChI is InChI=1S/C28H34N4O2/c1-31(18-14-24-11-7-8-17-29-24)21-22-32-19-15-25(16-20-32)34-28(33)30-27-13-6-5-12-26(27)23-9-3-2-4-10-23/h2-13,17,25H,14-16,18-22H2,1H3,(H,30,33). The fraction of sp³-hybridized carbons (Fsp3) is 0.357. The molecule has 0 bridgehead atoms. The van der Waals surface area contributed by atoms with Gasteiger partial charge in [0.25, 0.3) is 0 Å². The number of nitrogens with one attached hydrogen (secondary N) is 1. The minimum Gasteiger partial charge on any atom is -0.446 e. The molecule has 6 heteroatoms. The largest absolute Gasteiger partial charge is 0.446 e. The fourth-order valence-electron chi connectivity index (χ4n) is 4.28. The number of amides is 1. The van der Waals surface area contributed by atoms with E-state index >= 15 is 0 Å². The molecule has 0 radical (unpaired) electrons. The van der Waals surface area contributed by atoms with E-state index in [4.69, 9.17) is 4.74 Å². The van der Waals surface area contributed by atoms with Gasteiger partial charge in [-0.15, -0.1) is 0 Å². The Bertz CT molecular complexity index is 1020.